The van der Waals surface area contributed by atoms with E-state index in [0.29, 0.717) is 17.3 Å². The Labute approximate surface area is 136 Å². The molecule has 0 saturated carbocycles. The number of nitrogens with two attached hydrogens (primary N) is 1. The van der Waals surface area contributed by atoms with Gasteiger partial charge in [0.15, 0.2) is 11.6 Å². The average molecular weight is 315 g/mol. The number of hydrogen-bond donors (Lipinski definition) is 2. The van der Waals surface area contributed by atoms with E-state index < -0.39 is 0 Å². The van der Waals surface area contributed by atoms with Crippen LogP contribution in [0.4, 0.5) is 11.5 Å². The summed E-state index contributed by atoms with van der Waals surface area (Å²) in [4.78, 5) is 11.1. The minimum atomic E-state index is 0.539. The van der Waals surface area contributed by atoms with Crippen molar-refractivity contribution < 1.29 is 0 Å². The van der Waals surface area contributed by atoms with Crippen LogP contribution in [0.2, 0.25) is 0 Å². The zero-order valence-corrected chi connectivity index (χ0v) is 13.9. The summed E-state index contributed by atoms with van der Waals surface area (Å²) in [5.41, 5.74) is 8.74. The highest BCUT2D eigenvalue weighted by Gasteiger charge is 2.14. The number of rotatable bonds is 5. The lowest BCUT2D eigenvalue weighted by Crippen LogP contribution is -2.33. The minimum Gasteiger partial charge on any atom is -0.393 e. The molecule has 0 bridgehead atoms. The predicted molar refractivity (Wildman–Crippen MR) is 91.8 cm³/mol. The van der Waals surface area contributed by atoms with E-state index in [1.807, 2.05) is 19.9 Å². The van der Waals surface area contributed by atoms with Crippen molar-refractivity contribution >= 4 is 11.5 Å². The highest BCUT2D eigenvalue weighted by atomic mass is 15.3. The van der Waals surface area contributed by atoms with Gasteiger partial charge in [-0.1, -0.05) is 6.42 Å². The first-order valence-corrected chi connectivity index (χ1v) is 8.25. The van der Waals surface area contributed by atoms with Crippen molar-refractivity contribution in [1.29, 1.82) is 0 Å². The quantitative estimate of drug-likeness (QED) is 0.874. The Hall–Kier alpha value is -2.15. The van der Waals surface area contributed by atoms with Gasteiger partial charge in [-0.15, -0.1) is 0 Å². The summed E-state index contributed by atoms with van der Waals surface area (Å²) in [6.45, 7) is 8.18. The van der Waals surface area contributed by atoms with Gasteiger partial charge in [0.2, 0.25) is 0 Å². The minimum absolute atomic E-state index is 0.539. The Morgan fingerprint density at radius 2 is 1.96 bits per heavy atom. The SMILES string of the molecule is Cc1cc(C)n(-c2ncnc(NCCN3CCCCC3)c2N)n1. The lowest BCUT2D eigenvalue weighted by molar-refractivity contribution is 0.237. The van der Waals surface area contributed by atoms with E-state index >= 15 is 0 Å². The van der Waals surface area contributed by atoms with Crippen molar-refractivity contribution in [2.24, 2.45) is 0 Å². The topological polar surface area (TPSA) is 84.9 Å². The summed E-state index contributed by atoms with van der Waals surface area (Å²) in [6.07, 6.45) is 5.50. The van der Waals surface area contributed by atoms with Gasteiger partial charge in [-0.2, -0.15) is 5.10 Å². The van der Waals surface area contributed by atoms with Crippen molar-refractivity contribution in [3.05, 3.63) is 23.8 Å². The molecule has 3 rings (SSSR count). The first-order chi connectivity index (χ1) is 11.1. The number of hydrogen-bond acceptors (Lipinski definition) is 6. The van der Waals surface area contributed by atoms with E-state index in [9.17, 15) is 0 Å². The fourth-order valence-electron chi connectivity index (χ4n) is 3.05. The Morgan fingerprint density at radius 1 is 1.17 bits per heavy atom. The molecule has 0 spiro atoms. The molecule has 1 saturated heterocycles. The molecule has 0 unspecified atom stereocenters. The lowest BCUT2D eigenvalue weighted by Gasteiger charge is -2.26. The molecule has 23 heavy (non-hydrogen) atoms. The molecular weight excluding hydrogens is 290 g/mol. The van der Waals surface area contributed by atoms with Crippen LogP contribution in [0.1, 0.15) is 30.7 Å². The van der Waals surface area contributed by atoms with Gasteiger partial charge in [-0.3, -0.25) is 0 Å². The van der Waals surface area contributed by atoms with Crippen molar-refractivity contribution in [3.8, 4) is 5.82 Å². The van der Waals surface area contributed by atoms with Gasteiger partial charge in [0.25, 0.3) is 0 Å². The van der Waals surface area contributed by atoms with Crippen LogP contribution < -0.4 is 11.1 Å². The fraction of sp³-hybridized carbons (Fsp3) is 0.562. The number of aromatic nitrogens is 4. The van der Waals surface area contributed by atoms with Crippen LogP contribution in [0.25, 0.3) is 5.82 Å². The number of anilines is 2. The molecule has 3 heterocycles. The molecule has 0 aliphatic carbocycles. The molecule has 7 nitrogen and oxygen atoms in total. The molecule has 124 valence electrons. The van der Waals surface area contributed by atoms with Crippen LogP contribution in [0.5, 0.6) is 0 Å². The van der Waals surface area contributed by atoms with E-state index in [0.717, 1.165) is 24.5 Å². The molecule has 0 aromatic carbocycles. The Morgan fingerprint density at radius 3 is 2.65 bits per heavy atom. The number of nitrogens with zero attached hydrogens (tertiary/aromatic N) is 5. The third-order valence-electron chi connectivity index (χ3n) is 4.24. The molecule has 0 atom stereocenters. The standard InChI is InChI=1S/C16H25N7/c1-12-10-13(2)23(21-12)16-14(17)15(19-11-20-16)18-6-9-22-7-4-3-5-8-22/h10-11H,3-9,17H2,1-2H3,(H,18,19,20). The van der Waals surface area contributed by atoms with E-state index in [-0.39, 0.29) is 0 Å². The molecule has 1 aliphatic rings. The van der Waals surface area contributed by atoms with E-state index in [1.165, 1.54) is 38.7 Å². The number of aryl methyl sites for hydroxylation is 2. The third kappa shape index (κ3) is 3.61. The maximum Gasteiger partial charge on any atom is 0.182 e. The molecule has 0 amide bonds. The number of piperidine rings is 1. The van der Waals surface area contributed by atoms with E-state index in [2.05, 4.69) is 25.3 Å². The summed E-state index contributed by atoms with van der Waals surface area (Å²) in [5, 5.41) is 7.78. The van der Waals surface area contributed by atoms with Gasteiger partial charge < -0.3 is 16.0 Å². The highest BCUT2D eigenvalue weighted by molar-refractivity contribution is 5.69. The van der Waals surface area contributed by atoms with Gasteiger partial charge in [0.1, 0.15) is 12.0 Å². The van der Waals surface area contributed by atoms with Crippen LogP contribution in [-0.2, 0) is 0 Å². The highest BCUT2D eigenvalue weighted by Crippen LogP contribution is 2.22. The van der Waals surface area contributed by atoms with Crippen LogP contribution in [0.3, 0.4) is 0 Å². The van der Waals surface area contributed by atoms with Crippen LogP contribution >= 0.6 is 0 Å². The van der Waals surface area contributed by atoms with Crippen LogP contribution in [0.15, 0.2) is 12.4 Å². The summed E-state index contributed by atoms with van der Waals surface area (Å²) >= 11 is 0. The van der Waals surface area contributed by atoms with Gasteiger partial charge in [-0.25, -0.2) is 14.6 Å². The fourth-order valence-corrected chi connectivity index (χ4v) is 3.05. The van der Waals surface area contributed by atoms with Gasteiger partial charge in [0, 0.05) is 18.8 Å². The number of nitrogen functional groups attached to an aromatic ring is 1. The third-order valence-corrected chi connectivity index (χ3v) is 4.24. The number of nitrogens with one attached hydrogen (secondary N) is 1. The van der Waals surface area contributed by atoms with Crippen LogP contribution in [0, 0.1) is 13.8 Å². The Balaban J connectivity index is 1.68. The van der Waals surface area contributed by atoms with Gasteiger partial charge in [-0.05, 0) is 45.8 Å². The van der Waals surface area contributed by atoms with Gasteiger partial charge in [0.05, 0.1) is 5.69 Å². The molecule has 1 fully saturated rings. The summed E-state index contributed by atoms with van der Waals surface area (Å²) in [6, 6.07) is 2.00. The second-order valence-electron chi connectivity index (χ2n) is 6.13. The zero-order chi connectivity index (χ0) is 16.2. The molecule has 0 radical (unpaired) electrons. The second kappa shape index (κ2) is 6.95. The lowest BCUT2D eigenvalue weighted by atomic mass is 10.1. The smallest absolute Gasteiger partial charge is 0.182 e. The van der Waals surface area contributed by atoms with Gasteiger partial charge >= 0.3 is 0 Å². The largest absolute Gasteiger partial charge is 0.393 e. The van der Waals surface area contributed by atoms with E-state index in [4.69, 9.17) is 5.73 Å². The maximum absolute atomic E-state index is 6.25. The first kappa shape index (κ1) is 15.7. The molecule has 2 aromatic heterocycles. The van der Waals surface area contributed by atoms with Crippen molar-refractivity contribution in [2.45, 2.75) is 33.1 Å². The summed E-state index contributed by atoms with van der Waals surface area (Å²) in [5.74, 6) is 1.31. The summed E-state index contributed by atoms with van der Waals surface area (Å²) < 4.78 is 1.77. The molecule has 2 aromatic rings. The first-order valence-electron chi connectivity index (χ1n) is 8.25. The monoisotopic (exact) mass is 315 g/mol. The van der Waals surface area contributed by atoms with Crippen molar-refractivity contribution in [3.63, 3.8) is 0 Å². The van der Waals surface area contributed by atoms with Crippen molar-refractivity contribution in [1.82, 2.24) is 24.6 Å². The number of likely N-dealkylation sites (tertiary alicyclic amines) is 1. The van der Waals surface area contributed by atoms with E-state index in [1.54, 1.807) is 4.68 Å². The molecule has 7 heteroatoms. The predicted octanol–water partition coefficient (Wildman–Crippen LogP) is 1.76. The molecule has 1 aliphatic heterocycles. The molecule has 3 N–H and O–H groups in total. The second-order valence-corrected chi connectivity index (χ2v) is 6.13. The van der Waals surface area contributed by atoms with Crippen LogP contribution in [-0.4, -0.2) is 50.8 Å². The average Bonchev–Trinajstić information content (AvgIpc) is 2.88. The zero-order valence-electron chi connectivity index (χ0n) is 13.9. The maximum atomic E-state index is 6.25. The summed E-state index contributed by atoms with van der Waals surface area (Å²) in [7, 11) is 0. The molecular formula is C16H25N7. The Kier molecular flexibility index (Phi) is 4.76. The normalized spacial score (nSPS) is 15.7. The Bertz CT molecular complexity index is 658. The van der Waals surface area contributed by atoms with Crippen molar-refractivity contribution in [2.75, 3.05) is 37.2 Å².